The van der Waals surface area contributed by atoms with Gasteiger partial charge in [-0.2, -0.15) is 0 Å². The highest BCUT2D eigenvalue weighted by atomic mass is 16.3. The number of Topliss-reactive ketones (excluding diaryl/α,β-unsaturated/α-hetero) is 1. The van der Waals surface area contributed by atoms with Gasteiger partial charge in [-0.15, -0.1) is 0 Å². The zero-order valence-corrected chi connectivity index (χ0v) is 9.07. The number of aliphatic hydroxyl groups is 1. The lowest BCUT2D eigenvalue weighted by Crippen LogP contribution is -2.07. The van der Waals surface area contributed by atoms with Gasteiger partial charge in [0.1, 0.15) is 0 Å². The molecule has 82 valence electrons. The Bertz CT molecular complexity index is 366. The molecule has 1 aliphatic rings. The second kappa shape index (κ2) is 4.19. The normalized spacial score (nSPS) is 17.6. The van der Waals surface area contributed by atoms with Crippen molar-refractivity contribution in [3.05, 3.63) is 23.5 Å². The van der Waals surface area contributed by atoms with Crippen LogP contribution in [0.15, 0.2) is 12.4 Å². The molecule has 0 radical (unpaired) electrons. The van der Waals surface area contributed by atoms with E-state index in [9.17, 15) is 9.90 Å². The molecule has 0 saturated carbocycles. The first-order valence-corrected chi connectivity index (χ1v) is 5.57. The van der Waals surface area contributed by atoms with Crippen LogP contribution < -0.4 is 0 Å². The van der Waals surface area contributed by atoms with E-state index in [1.165, 1.54) is 5.56 Å². The largest absolute Gasteiger partial charge is 0.393 e. The molecule has 0 saturated heterocycles. The van der Waals surface area contributed by atoms with Crippen LogP contribution in [0.2, 0.25) is 0 Å². The van der Waals surface area contributed by atoms with Gasteiger partial charge in [-0.1, -0.05) is 0 Å². The number of carbonyl (C=O) groups is 1. The van der Waals surface area contributed by atoms with Gasteiger partial charge in [0.25, 0.3) is 0 Å². The van der Waals surface area contributed by atoms with Crippen molar-refractivity contribution in [1.29, 1.82) is 0 Å². The monoisotopic (exact) mass is 207 g/mol. The van der Waals surface area contributed by atoms with Gasteiger partial charge >= 0.3 is 0 Å². The van der Waals surface area contributed by atoms with E-state index in [0.717, 1.165) is 31.4 Å². The Kier molecular flexibility index (Phi) is 2.91. The minimum absolute atomic E-state index is 0.270. The maximum absolute atomic E-state index is 11.6. The number of hydrogen-bond donors (Lipinski definition) is 1. The van der Waals surface area contributed by atoms with E-state index in [4.69, 9.17) is 0 Å². The number of aromatic nitrogens is 1. The average molecular weight is 207 g/mol. The number of aliphatic hydroxyl groups excluding tert-OH is 1. The molecule has 1 aromatic heterocycles. The summed E-state index contributed by atoms with van der Waals surface area (Å²) in [4.78, 5) is 11.6. The van der Waals surface area contributed by atoms with Crippen molar-refractivity contribution >= 4 is 5.78 Å². The van der Waals surface area contributed by atoms with E-state index in [0.29, 0.717) is 6.42 Å². The minimum Gasteiger partial charge on any atom is -0.393 e. The topological polar surface area (TPSA) is 42.2 Å². The highest BCUT2D eigenvalue weighted by Gasteiger charge is 2.18. The molecule has 3 nitrogen and oxygen atoms in total. The fraction of sp³-hybridized carbons (Fsp3) is 0.583. The molecule has 3 heteroatoms. The predicted molar refractivity (Wildman–Crippen MR) is 58.0 cm³/mol. The zero-order valence-electron chi connectivity index (χ0n) is 9.07. The van der Waals surface area contributed by atoms with Crippen molar-refractivity contribution in [2.24, 2.45) is 0 Å². The summed E-state index contributed by atoms with van der Waals surface area (Å²) in [6, 6.07) is 0. The lowest BCUT2D eigenvalue weighted by atomic mass is 9.95. The minimum atomic E-state index is -0.278. The summed E-state index contributed by atoms with van der Waals surface area (Å²) in [6.45, 7) is 2.58. The second-order valence-corrected chi connectivity index (χ2v) is 4.35. The molecule has 0 amide bonds. The second-order valence-electron chi connectivity index (χ2n) is 4.35. The first-order chi connectivity index (χ1) is 7.16. The number of fused-ring (bicyclic) bond motifs is 1. The summed E-state index contributed by atoms with van der Waals surface area (Å²) >= 11 is 0. The van der Waals surface area contributed by atoms with Gasteiger partial charge in [0.2, 0.25) is 0 Å². The molecular weight excluding hydrogens is 190 g/mol. The van der Waals surface area contributed by atoms with E-state index in [-0.39, 0.29) is 11.9 Å². The van der Waals surface area contributed by atoms with Crippen LogP contribution in [0.4, 0.5) is 0 Å². The van der Waals surface area contributed by atoms with E-state index >= 15 is 0 Å². The van der Waals surface area contributed by atoms with Crippen molar-refractivity contribution in [3.8, 4) is 0 Å². The van der Waals surface area contributed by atoms with Crippen LogP contribution in [0.5, 0.6) is 0 Å². The van der Waals surface area contributed by atoms with E-state index < -0.39 is 0 Å². The maximum atomic E-state index is 11.6. The third-order valence-electron chi connectivity index (χ3n) is 2.92. The Morgan fingerprint density at radius 3 is 2.93 bits per heavy atom. The summed E-state index contributed by atoms with van der Waals surface area (Å²) < 4.78 is 2.03. The predicted octanol–water partition coefficient (Wildman–Crippen LogP) is 1.78. The molecule has 1 aromatic rings. The van der Waals surface area contributed by atoms with Crippen LogP contribution in [-0.2, 0) is 13.0 Å². The molecule has 1 aliphatic carbocycles. The Morgan fingerprint density at radius 1 is 1.47 bits per heavy atom. The van der Waals surface area contributed by atoms with Crippen LogP contribution in [0.1, 0.15) is 42.1 Å². The van der Waals surface area contributed by atoms with Crippen molar-refractivity contribution in [2.75, 3.05) is 0 Å². The van der Waals surface area contributed by atoms with Gasteiger partial charge in [0.15, 0.2) is 5.78 Å². The van der Waals surface area contributed by atoms with Gasteiger partial charge < -0.3 is 9.67 Å². The first-order valence-electron chi connectivity index (χ1n) is 5.57. The molecule has 1 unspecified atom stereocenters. The van der Waals surface area contributed by atoms with Crippen LogP contribution in [0.25, 0.3) is 0 Å². The number of ketones is 1. The number of nitrogens with zero attached hydrogens (tertiary/aromatic N) is 1. The summed E-state index contributed by atoms with van der Waals surface area (Å²) in [6.07, 6.45) is 7.12. The molecule has 0 aliphatic heterocycles. The highest BCUT2D eigenvalue weighted by Crippen LogP contribution is 2.22. The van der Waals surface area contributed by atoms with Gasteiger partial charge in [-0.05, 0) is 31.7 Å². The highest BCUT2D eigenvalue weighted by molar-refractivity contribution is 5.98. The third kappa shape index (κ3) is 2.29. The van der Waals surface area contributed by atoms with Gasteiger partial charge in [0.05, 0.1) is 6.10 Å². The van der Waals surface area contributed by atoms with E-state index in [1.807, 2.05) is 10.8 Å². The van der Waals surface area contributed by atoms with Crippen LogP contribution in [-0.4, -0.2) is 21.6 Å². The summed E-state index contributed by atoms with van der Waals surface area (Å²) in [7, 11) is 0. The van der Waals surface area contributed by atoms with E-state index in [2.05, 4.69) is 6.20 Å². The molecule has 1 atom stereocenters. The van der Waals surface area contributed by atoms with Crippen molar-refractivity contribution in [3.63, 3.8) is 0 Å². The maximum Gasteiger partial charge on any atom is 0.164 e. The van der Waals surface area contributed by atoms with E-state index in [1.54, 1.807) is 6.92 Å². The Labute approximate surface area is 89.7 Å². The average Bonchev–Trinajstić information content (AvgIpc) is 2.59. The number of hydrogen-bond acceptors (Lipinski definition) is 2. The molecule has 1 N–H and O–H groups in total. The number of carbonyl (C=O) groups excluding carboxylic acids is 1. The number of aryl methyl sites for hydroxylation is 2. The molecular formula is C12H17NO2. The standard InChI is InChI=1S/C12H17NO2/c1-9(14)5-6-13-7-10-3-2-4-12(15)11(10)8-13/h7-9,14H,2-6H2,1H3. The van der Waals surface area contributed by atoms with Crippen molar-refractivity contribution < 1.29 is 9.90 Å². The van der Waals surface area contributed by atoms with Crippen molar-refractivity contribution in [1.82, 2.24) is 4.57 Å². The van der Waals surface area contributed by atoms with Gasteiger partial charge in [-0.3, -0.25) is 4.79 Å². The third-order valence-corrected chi connectivity index (χ3v) is 2.92. The van der Waals surface area contributed by atoms with Crippen LogP contribution in [0.3, 0.4) is 0 Å². The molecule has 0 fully saturated rings. The molecule has 15 heavy (non-hydrogen) atoms. The summed E-state index contributed by atoms with van der Waals surface area (Å²) in [5.41, 5.74) is 2.07. The quantitative estimate of drug-likeness (QED) is 0.821. The fourth-order valence-corrected chi connectivity index (χ4v) is 2.05. The Hall–Kier alpha value is -1.09. The Balaban J connectivity index is 2.11. The SMILES string of the molecule is CC(O)CCn1cc2c(c1)C(=O)CCC2. The molecule has 0 aromatic carbocycles. The van der Waals surface area contributed by atoms with Gasteiger partial charge in [-0.25, -0.2) is 0 Å². The zero-order chi connectivity index (χ0) is 10.8. The fourth-order valence-electron chi connectivity index (χ4n) is 2.05. The lowest BCUT2D eigenvalue weighted by Gasteiger charge is -2.07. The Morgan fingerprint density at radius 2 is 2.27 bits per heavy atom. The van der Waals surface area contributed by atoms with Crippen LogP contribution >= 0.6 is 0 Å². The van der Waals surface area contributed by atoms with Crippen LogP contribution in [0, 0.1) is 0 Å². The molecule has 1 heterocycles. The van der Waals surface area contributed by atoms with Crippen molar-refractivity contribution in [2.45, 2.75) is 45.3 Å². The first kappa shape index (κ1) is 10.4. The smallest absolute Gasteiger partial charge is 0.164 e. The molecule has 0 spiro atoms. The van der Waals surface area contributed by atoms with Gasteiger partial charge in [0, 0.05) is 30.9 Å². The molecule has 2 rings (SSSR count). The summed E-state index contributed by atoms with van der Waals surface area (Å²) in [5.74, 6) is 0.270. The molecule has 0 bridgehead atoms. The summed E-state index contributed by atoms with van der Waals surface area (Å²) in [5, 5.41) is 9.19. The number of rotatable bonds is 3. The lowest BCUT2D eigenvalue weighted by molar-refractivity contribution is 0.0973.